The van der Waals surface area contributed by atoms with E-state index in [2.05, 4.69) is 5.32 Å². The topological polar surface area (TPSA) is 64.6 Å². The van der Waals surface area contributed by atoms with E-state index >= 15 is 0 Å². The number of rotatable bonds is 3. The smallest absolute Gasteiger partial charge is 0.339 e. The van der Waals surface area contributed by atoms with E-state index in [-0.39, 0.29) is 15.8 Å². The number of anilines is 1. The van der Waals surface area contributed by atoms with Gasteiger partial charge in [0.25, 0.3) is 5.17 Å². The minimum atomic E-state index is -3.89. The Balaban J connectivity index is 1.94. The van der Waals surface area contributed by atoms with Crippen LogP contribution in [-0.2, 0) is 20.5 Å². The second-order valence-electron chi connectivity index (χ2n) is 6.08. The largest absolute Gasteiger partial charge is 0.460 e. The van der Waals surface area contributed by atoms with Crippen LogP contribution in [-0.4, -0.2) is 13.6 Å². The maximum Gasteiger partial charge on any atom is 0.339 e. The van der Waals surface area contributed by atoms with Crippen molar-refractivity contribution in [2.45, 2.75) is 31.3 Å². The lowest BCUT2D eigenvalue weighted by molar-refractivity contribution is 0.0945. The fourth-order valence-corrected chi connectivity index (χ4v) is 3.73. The highest BCUT2D eigenvalue weighted by Crippen LogP contribution is 2.38. The Morgan fingerprint density at radius 1 is 1.12 bits per heavy atom. The highest BCUT2D eigenvalue weighted by Gasteiger charge is 2.32. The van der Waals surface area contributed by atoms with Gasteiger partial charge in [-0.25, -0.2) is 0 Å². The Morgan fingerprint density at radius 3 is 2.46 bits per heavy atom. The number of aryl methyl sites for hydroxylation is 1. The SMILES string of the molecule is Cc1ccc(S(=O)(=O)Oc2ccc3c(c2)C(C)(C)OC(=S)N3)cc1. The van der Waals surface area contributed by atoms with Crippen LogP contribution in [0.3, 0.4) is 0 Å². The van der Waals surface area contributed by atoms with Crippen LogP contribution in [0, 0.1) is 6.92 Å². The van der Waals surface area contributed by atoms with Crippen LogP contribution in [0.2, 0.25) is 0 Å². The van der Waals surface area contributed by atoms with E-state index < -0.39 is 15.7 Å². The molecule has 1 N–H and O–H groups in total. The van der Waals surface area contributed by atoms with Crippen LogP contribution in [0.1, 0.15) is 25.0 Å². The molecule has 0 radical (unpaired) electrons. The molecule has 1 heterocycles. The molecular weight excluding hydrogens is 346 g/mol. The Morgan fingerprint density at radius 2 is 1.79 bits per heavy atom. The molecule has 1 aliphatic heterocycles. The molecule has 0 aliphatic carbocycles. The van der Waals surface area contributed by atoms with Crippen LogP contribution >= 0.6 is 12.2 Å². The maximum atomic E-state index is 12.4. The summed E-state index contributed by atoms with van der Waals surface area (Å²) in [6.07, 6.45) is 0. The molecule has 0 spiro atoms. The summed E-state index contributed by atoms with van der Waals surface area (Å²) in [6.45, 7) is 5.61. The van der Waals surface area contributed by atoms with Gasteiger partial charge in [-0.05, 0) is 63.3 Å². The Hall–Kier alpha value is -2.12. The van der Waals surface area contributed by atoms with E-state index in [9.17, 15) is 8.42 Å². The van der Waals surface area contributed by atoms with Crippen molar-refractivity contribution in [3.05, 3.63) is 53.6 Å². The van der Waals surface area contributed by atoms with Crippen molar-refractivity contribution in [1.82, 2.24) is 0 Å². The van der Waals surface area contributed by atoms with Crippen molar-refractivity contribution in [2.75, 3.05) is 5.32 Å². The van der Waals surface area contributed by atoms with Crippen molar-refractivity contribution in [1.29, 1.82) is 0 Å². The van der Waals surface area contributed by atoms with Crippen molar-refractivity contribution in [3.63, 3.8) is 0 Å². The lowest BCUT2D eigenvalue weighted by Crippen LogP contribution is -2.34. The highest BCUT2D eigenvalue weighted by molar-refractivity contribution is 7.87. The second kappa shape index (κ2) is 5.75. The predicted molar refractivity (Wildman–Crippen MR) is 95.8 cm³/mol. The van der Waals surface area contributed by atoms with Gasteiger partial charge in [0.1, 0.15) is 16.2 Å². The van der Waals surface area contributed by atoms with Crippen molar-refractivity contribution >= 4 is 33.2 Å². The molecule has 0 saturated heterocycles. The molecule has 0 aromatic heterocycles. The summed E-state index contributed by atoms with van der Waals surface area (Å²) >= 11 is 5.07. The third-order valence-corrected chi connectivity index (χ3v) is 5.19. The standard InChI is InChI=1S/C17H17NO4S2/c1-11-4-7-13(8-5-11)24(19,20)22-12-6-9-15-14(10-12)17(2,3)21-16(23)18-15/h4-10H,1-3H3,(H,18,23). The molecule has 3 rings (SSSR count). The maximum absolute atomic E-state index is 12.4. The van der Waals surface area contributed by atoms with E-state index in [0.717, 1.165) is 16.8 Å². The van der Waals surface area contributed by atoms with Gasteiger partial charge in [-0.1, -0.05) is 17.7 Å². The molecule has 1 aliphatic rings. The van der Waals surface area contributed by atoms with Gasteiger partial charge in [-0.3, -0.25) is 0 Å². The molecule has 126 valence electrons. The summed E-state index contributed by atoms with van der Waals surface area (Å²) in [6, 6.07) is 11.5. The quantitative estimate of drug-likeness (QED) is 0.662. The predicted octanol–water partition coefficient (Wildman–Crippen LogP) is 3.72. The summed E-state index contributed by atoms with van der Waals surface area (Å²) in [5.74, 6) is 0.223. The highest BCUT2D eigenvalue weighted by atomic mass is 32.2. The molecule has 0 amide bonds. The number of benzene rings is 2. The minimum absolute atomic E-state index is 0.112. The first-order valence-corrected chi connectivity index (χ1v) is 9.15. The van der Waals surface area contributed by atoms with Gasteiger partial charge in [0, 0.05) is 11.3 Å². The first-order valence-electron chi connectivity index (χ1n) is 7.33. The van der Waals surface area contributed by atoms with E-state index in [1.54, 1.807) is 30.3 Å². The molecule has 0 bridgehead atoms. The van der Waals surface area contributed by atoms with Crippen molar-refractivity contribution in [3.8, 4) is 5.75 Å². The van der Waals surface area contributed by atoms with Crippen LogP contribution < -0.4 is 9.50 Å². The molecule has 2 aromatic rings. The summed E-state index contributed by atoms with van der Waals surface area (Å²) < 4.78 is 35.7. The van der Waals surface area contributed by atoms with Gasteiger partial charge in [0.05, 0.1) is 0 Å². The zero-order valence-electron chi connectivity index (χ0n) is 13.5. The molecule has 24 heavy (non-hydrogen) atoms. The number of hydrogen-bond donors (Lipinski definition) is 1. The zero-order chi connectivity index (χ0) is 17.5. The number of nitrogens with one attached hydrogen (secondary N) is 1. The molecule has 0 unspecified atom stereocenters. The number of hydrogen-bond acceptors (Lipinski definition) is 5. The zero-order valence-corrected chi connectivity index (χ0v) is 15.1. The van der Waals surface area contributed by atoms with E-state index in [0.29, 0.717) is 0 Å². The molecule has 7 heteroatoms. The molecule has 0 atom stereocenters. The Labute approximate surface area is 146 Å². The third-order valence-electron chi connectivity index (χ3n) is 3.74. The molecule has 0 fully saturated rings. The number of fused-ring (bicyclic) bond motifs is 1. The fourth-order valence-electron chi connectivity index (χ4n) is 2.48. The third kappa shape index (κ3) is 3.22. The minimum Gasteiger partial charge on any atom is -0.460 e. The summed E-state index contributed by atoms with van der Waals surface area (Å²) in [5, 5.41) is 3.23. The average molecular weight is 363 g/mol. The normalized spacial score (nSPS) is 15.9. The number of ether oxygens (including phenoxy) is 1. The lowest BCUT2D eigenvalue weighted by Gasteiger charge is -2.34. The Kier molecular flexibility index (Phi) is 4.01. The van der Waals surface area contributed by atoms with Gasteiger partial charge in [0.15, 0.2) is 0 Å². The van der Waals surface area contributed by atoms with Gasteiger partial charge in [-0.2, -0.15) is 8.42 Å². The van der Waals surface area contributed by atoms with Gasteiger partial charge in [-0.15, -0.1) is 0 Å². The number of thiocarbonyl (C=S) groups is 1. The van der Waals surface area contributed by atoms with Crippen molar-refractivity contribution < 1.29 is 17.3 Å². The van der Waals surface area contributed by atoms with Gasteiger partial charge in [0.2, 0.25) is 0 Å². The fraction of sp³-hybridized carbons (Fsp3) is 0.235. The van der Waals surface area contributed by atoms with Crippen LogP contribution in [0.5, 0.6) is 5.75 Å². The first kappa shape index (κ1) is 16.7. The van der Waals surface area contributed by atoms with E-state index in [4.69, 9.17) is 21.1 Å². The lowest BCUT2D eigenvalue weighted by atomic mass is 9.95. The Bertz CT molecular complexity index is 903. The van der Waals surface area contributed by atoms with Crippen LogP contribution in [0.4, 0.5) is 5.69 Å². The van der Waals surface area contributed by atoms with E-state index in [1.807, 2.05) is 20.8 Å². The molecular formula is C17H17NO4S2. The summed E-state index contributed by atoms with van der Waals surface area (Å²) in [4.78, 5) is 0.112. The monoisotopic (exact) mass is 363 g/mol. The first-order chi connectivity index (χ1) is 11.2. The van der Waals surface area contributed by atoms with E-state index in [1.165, 1.54) is 12.1 Å². The van der Waals surface area contributed by atoms with Crippen molar-refractivity contribution in [2.24, 2.45) is 0 Å². The molecule has 0 saturated carbocycles. The van der Waals surface area contributed by atoms with Crippen LogP contribution in [0.25, 0.3) is 0 Å². The second-order valence-corrected chi connectivity index (χ2v) is 8.00. The summed E-state index contributed by atoms with van der Waals surface area (Å²) in [5.41, 5.74) is 1.85. The van der Waals surface area contributed by atoms with Crippen LogP contribution in [0.15, 0.2) is 47.4 Å². The molecule has 2 aromatic carbocycles. The van der Waals surface area contributed by atoms with Gasteiger partial charge < -0.3 is 14.2 Å². The summed E-state index contributed by atoms with van der Waals surface area (Å²) in [7, 11) is -3.89. The molecule has 5 nitrogen and oxygen atoms in total. The average Bonchev–Trinajstić information content (AvgIpc) is 2.47. The van der Waals surface area contributed by atoms with Gasteiger partial charge >= 0.3 is 10.1 Å².